The quantitative estimate of drug-likeness (QED) is 0.718. The van der Waals surface area contributed by atoms with Gasteiger partial charge in [0, 0.05) is 11.1 Å². The Kier molecular flexibility index (Phi) is 3.57. The predicted molar refractivity (Wildman–Crippen MR) is 79.8 cm³/mol. The zero-order valence-electron chi connectivity index (χ0n) is 12.0. The van der Waals surface area contributed by atoms with E-state index >= 15 is 0 Å². The van der Waals surface area contributed by atoms with Gasteiger partial charge < -0.3 is 0 Å². The van der Waals surface area contributed by atoms with Crippen LogP contribution in [0.15, 0.2) is 48.5 Å². The van der Waals surface area contributed by atoms with Crippen LogP contribution in [0, 0.1) is 6.92 Å². The van der Waals surface area contributed by atoms with Crippen molar-refractivity contribution in [1.29, 1.82) is 0 Å². The molecule has 0 spiro atoms. The number of ketones is 1. The molecule has 0 radical (unpaired) electrons. The van der Waals surface area contributed by atoms with Crippen molar-refractivity contribution in [2.75, 3.05) is 0 Å². The number of hydrogen-bond donors (Lipinski definition) is 0. The van der Waals surface area contributed by atoms with Crippen molar-refractivity contribution in [1.82, 2.24) is 0 Å². The molecule has 0 aliphatic carbocycles. The highest BCUT2D eigenvalue weighted by atomic mass is 16.1. The van der Waals surface area contributed by atoms with Crippen molar-refractivity contribution in [2.45, 2.75) is 33.1 Å². The van der Waals surface area contributed by atoms with Crippen LogP contribution in [0.1, 0.15) is 47.8 Å². The molecular formula is C18H20O. The molecule has 0 aromatic heterocycles. The average Bonchev–Trinajstić information content (AvgIpc) is 2.38. The maximum Gasteiger partial charge on any atom is 0.193 e. The normalized spacial score (nSPS) is 11.4. The van der Waals surface area contributed by atoms with Crippen LogP contribution in [0.25, 0.3) is 0 Å². The largest absolute Gasteiger partial charge is 0.289 e. The fraction of sp³-hybridized carbons (Fsp3) is 0.278. The number of rotatable bonds is 2. The summed E-state index contributed by atoms with van der Waals surface area (Å²) in [5, 5.41) is 0. The molecule has 0 atom stereocenters. The lowest BCUT2D eigenvalue weighted by Gasteiger charge is -2.23. The second-order valence-electron chi connectivity index (χ2n) is 5.92. The van der Waals surface area contributed by atoms with Gasteiger partial charge in [-0.3, -0.25) is 4.79 Å². The number of carbonyl (C=O) groups is 1. The van der Waals surface area contributed by atoms with Gasteiger partial charge in [-0.25, -0.2) is 0 Å². The SMILES string of the molecule is Cc1c(C(=O)c2ccccc2)cccc1C(C)(C)C. The molecule has 0 aliphatic heterocycles. The van der Waals surface area contributed by atoms with Gasteiger partial charge in [-0.05, 0) is 23.5 Å². The molecule has 19 heavy (non-hydrogen) atoms. The third-order valence-corrected chi connectivity index (χ3v) is 3.42. The van der Waals surface area contributed by atoms with Gasteiger partial charge >= 0.3 is 0 Å². The van der Waals surface area contributed by atoms with E-state index in [0.717, 1.165) is 16.7 Å². The lowest BCUT2D eigenvalue weighted by atomic mass is 9.81. The summed E-state index contributed by atoms with van der Waals surface area (Å²) < 4.78 is 0. The van der Waals surface area contributed by atoms with Gasteiger partial charge in [-0.1, -0.05) is 69.3 Å². The third kappa shape index (κ3) is 2.76. The van der Waals surface area contributed by atoms with Gasteiger partial charge in [0.25, 0.3) is 0 Å². The topological polar surface area (TPSA) is 17.1 Å². The number of carbonyl (C=O) groups excluding carboxylic acids is 1. The second-order valence-corrected chi connectivity index (χ2v) is 5.92. The highest BCUT2D eigenvalue weighted by Gasteiger charge is 2.20. The van der Waals surface area contributed by atoms with Crippen molar-refractivity contribution in [3.8, 4) is 0 Å². The van der Waals surface area contributed by atoms with E-state index in [0.29, 0.717) is 0 Å². The minimum absolute atomic E-state index is 0.0526. The molecule has 1 heteroatoms. The lowest BCUT2D eigenvalue weighted by molar-refractivity contribution is 0.103. The lowest BCUT2D eigenvalue weighted by Crippen LogP contribution is -2.15. The Morgan fingerprint density at radius 2 is 1.53 bits per heavy atom. The summed E-state index contributed by atoms with van der Waals surface area (Å²) in [4.78, 5) is 12.5. The highest BCUT2D eigenvalue weighted by Crippen LogP contribution is 2.28. The van der Waals surface area contributed by atoms with Crippen LogP contribution in [0.2, 0.25) is 0 Å². The Labute approximate surface area is 115 Å². The van der Waals surface area contributed by atoms with E-state index in [-0.39, 0.29) is 11.2 Å². The van der Waals surface area contributed by atoms with Gasteiger partial charge in [0.05, 0.1) is 0 Å². The Morgan fingerprint density at radius 3 is 2.11 bits per heavy atom. The van der Waals surface area contributed by atoms with Gasteiger partial charge in [0.2, 0.25) is 0 Å². The summed E-state index contributed by atoms with van der Waals surface area (Å²) in [6.07, 6.45) is 0. The molecule has 98 valence electrons. The van der Waals surface area contributed by atoms with Crippen LogP contribution >= 0.6 is 0 Å². The van der Waals surface area contributed by atoms with Gasteiger partial charge in [-0.2, -0.15) is 0 Å². The van der Waals surface area contributed by atoms with Gasteiger partial charge in [0.1, 0.15) is 0 Å². The molecule has 0 bridgehead atoms. The monoisotopic (exact) mass is 252 g/mol. The molecule has 1 nitrogen and oxygen atoms in total. The fourth-order valence-electron chi connectivity index (χ4n) is 2.44. The van der Waals surface area contributed by atoms with E-state index in [4.69, 9.17) is 0 Å². The number of benzene rings is 2. The summed E-state index contributed by atoms with van der Waals surface area (Å²) >= 11 is 0. The van der Waals surface area contributed by atoms with Crippen LogP contribution in [-0.4, -0.2) is 5.78 Å². The molecule has 2 rings (SSSR count). The van der Waals surface area contributed by atoms with Gasteiger partial charge in [-0.15, -0.1) is 0 Å². The zero-order chi connectivity index (χ0) is 14.0. The molecule has 0 heterocycles. The molecule has 0 saturated heterocycles. The third-order valence-electron chi connectivity index (χ3n) is 3.42. The van der Waals surface area contributed by atoms with Crippen LogP contribution in [0.5, 0.6) is 0 Å². The molecule has 2 aromatic rings. The van der Waals surface area contributed by atoms with E-state index in [2.05, 4.69) is 26.8 Å². The van der Waals surface area contributed by atoms with Crippen molar-refractivity contribution in [3.05, 3.63) is 70.8 Å². The minimum Gasteiger partial charge on any atom is -0.289 e. The molecule has 0 aliphatic rings. The summed E-state index contributed by atoms with van der Waals surface area (Å²) in [5.74, 6) is 0.101. The maximum atomic E-state index is 12.5. The molecule has 0 N–H and O–H groups in total. The first-order chi connectivity index (χ1) is 8.91. The molecule has 2 aromatic carbocycles. The van der Waals surface area contributed by atoms with Crippen LogP contribution in [0.4, 0.5) is 0 Å². The van der Waals surface area contributed by atoms with Crippen molar-refractivity contribution in [3.63, 3.8) is 0 Å². The van der Waals surface area contributed by atoms with E-state index < -0.39 is 0 Å². The smallest absolute Gasteiger partial charge is 0.193 e. The summed E-state index contributed by atoms with van der Waals surface area (Å²) in [6, 6.07) is 15.5. The van der Waals surface area contributed by atoms with Crippen LogP contribution in [-0.2, 0) is 5.41 Å². The molecular weight excluding hydrogens is 232 g/mol. The van der Waals surface area contributed by atoms with Crippen LogP contribution in [0.3, 0.4) is 0 Å². The Balaban J connectivity index is 2.50. The molecule has 0 amide bonds. The first-order valence-electron chi connectivity index (χ1n) is 6.61. The predicted octanol–water partition coefficient (Wildman–Crippen LogP) is 4.52. The molecule has 0 saturated carbocycles. The zero-order valence-corrected chi connectivity index (χ0v) is 12.0. The standard InChI is InChI=1S/C18H20O/c1-13-15(11-8-12-16(13)18(2,3)4)17(19)14-9-6-5-7-10-14/h5-12H,1-4H3. The second kappa shape index (κ2) is 5.00. The molecule has 0 fully saturated rings. The Hall–Kier alpha value is -1.89. The van der Waals surface area contributed by atoms with Crippen molar-refractivity contribution in [2.24, 2.45) is 0 Å². The summed E-state index contributed by atoms with van der Waals surface area (Å²) in [7, 11) is 0. The summed E-state index contributed by atoms with van der Waals surface area (Å²) in [5.41, 5.74) is 3.92. The molecule has 0 unspecified atom stereocenters. The van der Waals surface area contributed by atoms with E-state index in [1.54, 1.807) is 0 Å². The average molecular weight is 252 g/mol. The maximum absolute atomic E-state index is 12.5. The van der Waals surface area contributed by atoms with E-state index in [9.17, 15) is 4.79 Å². The Morgan fingerprint density at radius 1 is 0.895 bits per heavy atom. The van der Waals surface area contributed by atoms with E-state index in [1.807, 2.05) is 49.4 Å². The first-order valence-corrected chi connectivity index (χ1v) is 6.61. The Bertz CT molecular complexity index is 589. The van der Waals surface area contributed by atoms with Crippen molar-refractivity contribution < 1.29 is 4.79 Å². The van der Waals surface area contributed by atoms with Crippen molar-refractivity contribution >= 4 is 5.78 Å². The summed E-state index contributed by atoms with van der Waals surface area (Å²) in [6.45, 7) is 8.56. The number of hydrogen-bond acceptors (Lipinski definition) is 1. The van der Waals surface area contributed by atoms with Crippen LogP contribution < -0.4 is 0 Å². The minimum atomic E-state index is 0.0526. The van der Waals surface area contributed by atoms with Gasteiger partial charge in [0.15, 0.2) is 5.78 Å². The van der Waals surface area contributed by atoms with E-state index in [1.165, 1.54) is 5.56 Å². The fourth-order valence-corrected chi connectivity index (χ4v) is 2.44. The highest BCUT2D eigenvalue weighted by molar-refractivity contribution is 6.10. The first kappa shape index (κ1) is 13.5.